The normalized spacial score (nSPS) is 11.6. The average molecular weight is 701 g/mol. The first-order valence-corrected chi connectivity index (χ1v) is 18.6. The summed E-state index contributed by atoms with van der Waals surface area (Å²) in [5.41, 5.74) is 11.4. The Labute approximate surface area is 317 Å². The molecule has 2 heterocycles. The second kappa shape index (κ2) is 12.6. The summed E-state index contributed by atoms with van der Waals surface area (Å²) in [6.07, 6.45) is 0. The Hall–Kier alpha value is -7.36. The number of rotatable bonds is 5. The fourth-order valence-electron chi connectivity index (χ4n) is 8.22. The third-order valence-electron chi connectivity index (χ3n) is 10.9. The minimum Gasteiger partial charge on any atom is -0.456 e. The van der Waals surface area contributed by atoms with Gasteiger partial charge in [0.25, 0.3) is 0 Å². The second-order valence-electron chi connectivity index (χ2n) is 14.1. The van der Waals surface area contributed by atoms with E-state index in [4.69, 9.17) is 14.4 Å². The second-order valence-corrected chi connectivity index (χ2v) is 14.1. The highest BCUT2D eigenvalue weighted by Gasteiger charge is 2.17. The van der Waals surface area contributed by atoms with E-state index < -0.39 is 0 Å². The number of para-hydroxylation sites is 1. The molecule has 0 atom stereocenters. The molecule has 0 aliphatic carbocycles. The van der Waals surface area contributed by atoms with Crippen LogP contribution in [0, 0.1) is 0 Å². The molecule has 0 bridgehead atoms. The van der Waals surface area contributed by atoms with Crippen LogP contribution in [0.1, 0.15) is 0 Å². The number of furan rings is 1. The van der Waals surface area contributed by atoms with Crippen LogP contribution in [-0.4, -0.2) is 9.97 Å². The number of benzene rings is 9. The van der Waals surface area contributed by atoms with Gasteiger partial charge in [-0.3, -0.25) is 0 Å². The van der Waals surface area contributed by atoms with Crippen LogP contribution in [0.25, 0.3) is 110 Å². The Morgan fingerprint density at radius 3 is 1.60 bits per heavy atom. The average Bonchev–Trinajstić information content (AvgIpc) is 3.65. The zero-order valence-electron chi connectivity index (χ0n) is 29.8. The number of hydrogen-bond acceptors (Lipinski definition) is 3. The van der Waals surface area contributed by atoms with Crippen molar-refractivity contribution in [1.29, 1.82) is 0 Å². The molecule has 2 aromatic heterocycles. The predicted molar refractivity (Wildman–Crippen MR) is 229 cm³/mol. The maximum Gasteiger partial charge on any atom is 0.160 e. The molecule has 0 aliphatic rings. The highest BCUT2D eigenvalue weighted by molar-refractivity contribution is 6.29. The third-order valence-corrected chi connectivity index (χ3v) is 10.9. The van der Waals surface area contributed by atoms with Crippen LogP contribution < -0.4 is 0 Å². The van der Waals surface area contributed by atoms with Gasteiger partial charge in [0.05, 0.1) is 11.4 Å². The number of hydrogen-bond donors (Lipinski definition) is 0. The molecule has 0 saturated heterocycles. The summed E-state index contributed by atoms with van der Waals surface area (Å²) in [5.74, 6) is 0.702. The van der Waals surface area contributed by atoms with Crippen molar-refractivity contribution in [2.24, 2.45) is 0 Å². The van der Waals surface area contributed by atoms with Gasteiger partial charge in [-0.1, -0.05) is 164 Å². The van der Waals surface area contributed by atoms with E-state index in [0.717, 1.165) is 55.6 Å². The first-order valence-electron chi connectivity index (χ1n) is 18.6. The maximum absolute atomic E-state index is 6.20. The Balaban J connectivity index is 1.11. The van der Waals surface area contributed by atoms with Gasteiger partial charge in [0.1, 0.15) is 11.2 Å². The molecule has 0 aliphatic heterocycles. The van der Waals surface area contributed by atoms with Crippen molar-refractivity contribution < 1.29 is 4.42 Å². The van der Waals surface area contributed by atoms with Gasteiger partial charge in [-0.15, -0.1) is 0 Å². The largest absolute Gasteiger partial charge is 0.456 e. The van der Waals surface area contributed by atoms with Gasteiger partial charge < -0.3 is 4.42 Å². The van der Waals surface area contributed by atoms with Gasteiger partial charge in [0.15, 0.2) is 5.82 Å². The fourth-order valence-corrected chi connectivity index (χ4v) is 8.22. The van der Waals surface area contributed by atoms with Crippen LogP contribution in [-0.2, 0) is 0 Å². The molecule has 11 rings (SSSR count). The van der Waals surface area contributed by atoms with Gasteiger partial charge in [0, 0.05) is 27.5 Å². The Morgan fingerprint density at radius 1 is 0.291 bits per heavy atom. The molecule has 55 heavy (non-hydrogen) atoms. The zero-order valence-corrected chi connectivity index (χ0v) is 29.8. The highest BCUT2D eigenvalue weighted by atomic mass is 16.3. The molecule has 0 spiro atoms. The van der Waals surface area contributed by atoms with Crippen LogP contribution in [0.4, 0.5) is 0 Å². The lowest BCUT2D eigenvalue weighted by Crippen LogP contribution is -1.96. The molecule has 256 valence electrons. The van der Waals surface area contributed by atoms with Crippen molar-refractivity contribution in [3.63, 3.8) is 0 Å². The molecule has 0 radical (unpaired) electrons. The Kier molecular flexibility index (Phi) is 7.17. The molecule has 0 saturated carbocycles. The first kappa shape index (κ1) is 31.2. The van der Waals surface area contributed by atoms with Crippen LogP contribution in [0.5, 0.6) is 0 Å². The quantitative estimate of drug-likeness (QED) is 0.168. The van der Waals surface area contributed by atoms with E-state index in [9.17, 15) is 0 Å². The smallest absolute Gasteiger partial charge is 0.160 e. The summed E-state index contributed by atoms with van der Waals surface area (Å²) in [4.78, 5) is 10.3. The topological polar surface area (TPSA) is 38.9 Å². The Bertz CT molecular complexity index is 3240. The summed E-state index contributed by atoms with van der Waals surface area (Å²) < 4.78 is 6.20. The van der Waals surface area contributed by atoms with Crippen molar-refractivity contribution >= 4 is 54.3 Å². The molecule has 11 aromatic rings. The van der Waals surface area contributed by atoms with Gasteiger partial charge in [-0.25, -0.2) is 9.97 Å². The van der Waals surface area contributed by atoms with Gasteiger partial charge >= 0.3 is 0 Å². The van der Waals surface area contributed by atoms with Crippen molar-refractivity contribution in [2.45, 2.75) is 0 Å². The third kappa shape index (κ3) is 5.28. The van der Waals surface area contributed by atoms with Crippen molar-refractivity contribution in [2.75, 3.05) is 0 Å². The first-order chi connectivity index (χ1) is 27.2. The summed E-state index contributed by atoms with van der Waals surface area (Å²) in [7, 11) is 0. The number of aromatic nitrogens is 2. The molecule has 0 unspecified atom stereocenters. The minimum atomic E-state index is 0.702. The van der Waals surface area contributed by atoms with Gasteiger partial charge in [-0.2, -0.15) is 0 Å². The lowest BCUT2D eigenvalue weighted by molar-refractivity contribution is 0.669. The van der Waals surface area contributed by atoms with Crippen LogP contribution >= 0.6 is 0 Å². The zero-order chi connectivity index (χ0) is 36.3. The summed E-state index contributed by atoms with van der Waals surface area (Å²) in [5, 5.41) is 9.57. The van der Waals surface area contributed by atoms with Gasteiger partial charge in [-0.05, 0) is 84.9 Å². The van der Waals surface area contributed by atoms with Crippen LogP contribution in [0.3, 0.4) is 0 Å². The lowest BCUT2D eigenvalue weighted by atomic mass is 9.88. The van der Waals surface area contributed by atoms with E-state index >= 15 is 0 Å². The van der Waals surface area contributed by atoms with Crippen LogP contribution in [0.15, 0.2) is 199 Å². The highest BCUT2D eigenvalue weighted by Crippen LogP contribution is 2.43. The van der Waals surface area contributed by atoms with Gasteiger partial charge in [0.2, 0.25) is 0 Å². The standard InChI is InChI=1S/C52H32N2O/c1-3-12-33(13-4-1)34-22-24-35(25-23-34)47-32-48(54-52(53-47)36-14-5-2-6-15-36)38-26-28-44-45(31-38)41-17-8-7-16-40(41)43-20-11-19-39(51(43)44)37-27-29-50-46(30-37)42-18-9-10-21-49(42)55-50/h1-32H. The summed E-state index contributed by atoms with van der Waals surface area (Å²) in [6.45, 7) is 0. The maximum atomic E-state index is 6.20. The van der Waals surface area contributed by atoms with E-state index in [-0.39, 0.29) is 0 Å². The molecule has 3 nitrogen and oxygen atoms in total. The number of nitrogens with zero attached hydrogens (tertiary/aromatic N) is 2. The van der Waals surface area contributed by atoms with E-state index in [1.807, 2.05) is 36.4 Å². The van der Waals surface area contributed by atoms with Crippen LogP contribution in [0.2, 0.25) is 0 Å². The van der Waals surface area contributed by atoms with Crippen molar-refractivity contribution in [3.05, 3.63) is 194 Å². The van der Waals surface area contributed by atoms with E-state index in [2.05, 4.69) is 158 Å². The van der Waals surface area contributed by atoms with E-state index in [1.165, 1.54) is 49.0 Å². The van der Waals surface area contributed by atoms with Crippen molar-refractivity contribution in [1.82, 2.24) is 9.97 Å². The predicted octanol–water partition coefficient (Wildman–Crippen LogP) is 14.2. The molecule has 9 aromatic carbocycles. The van der Waals surface area contributed by atoms with E-state index in [0.29, 0.717) is 5.82 Å². The van der Waals surface area contributed by atoms with E-state index in [1.54, 1.807) is 0 Å². The fraction of sp³-hybridized carbons (Fsp3) is 0. The minimum absolute atomic E-state index is 0.702. The Morgan fingerprint density at radius 2 is 0.818 bits per heavy atom. The molecule has 0 N–H and O–H groups in total. The summed E-state index contributed by atoms with van der Waals surface area (Å²) >= 11 is 0. The SMILES string of the molecule is c1ccc(-c2ccc(-c3cc(-c4ccc5c(c4)c4ccccc4c4cccc(-c6ccc7oc8ccccc8c7c6)c45)nc(-c4ccccc4)n3)cc2)cc1. The lowest BCUT2D eigenvalue weighted by Gasteiger charge is -2.16. The van der Waals surface area contributed by atoms with Crippen molar-refractivity contribution in [3.8, 4) is 56.2 Å². The number of fused-ring (bicyclic) bond motifs is 9. The monoisotopic (exact) mass is 700 g/mol. The molecule has 0 fully saturated rings. The molecular weight excluding hydrogens is 669 g/mol. The molecule has 3 heteroatoms. The summed E-state index contributed by atoms with van der Waals surface area (Å²) in [6, 6.07) is 68.7. The molecular formula is C52H32N2O. The molecule has 0 amide bonds.